The number of nitro benzene ring substituents is 1. The van der Waals surface area contributed by atoms with E-state index in [-0.39, 0.29) is 11.6 Å². The van der Waals surface area contributed by atoms with Crippen molar-refractivity contribution in [3.8, 4) is 0 Å². The van der Waals surface area contributed by atoms with Gasteiger partial charge in [-0.05, 0) is 12.1 Å². The molecular weight excluding hydrogens is 250 g/mol. The van der Waals surface area contributed by atoms with E-state index in [1.165, 1.54) is 12.1 Å². The van der Waals surface area contributed by atoms with E-state index in [4.69, 9.17) is 4.74 Å². The van der Waals surface area contributed by atoms with Gasteiger partial charge in [-0.15, -0.1) is 0 Å². The highest BCUT2D eigenvalue weighted by Crippen LogP contribution is 2.15. The Labute approximate surface area is 111 Å². The highest BCUT2D eigenvalue weighted by Gasteiger charge is 2.04. The van der Waals surface area contributed by atoms with E-state index in [0.717, 1.165) is 5.69 Å². The van der Waals surface area contributed by atoms with E-state index in [9.17, 15) is 14.9 Å². The van der Waals surface area contributed by atoms with Crippen LogP contribution in [-0.2, 0) is 9.53 Å². The summed E-state index contributed by atoms with van der Waals surface area (Å²) >= 11 is 0. The predicted octanol–water partition coefficient (Wildman–Crippen LogP) is 1.16. The number of benzene rings is 1. The van der Waals surface area contributed by atoms with E-state index >= 15 is 0 Å². The van der Waals surface area contributed by atoms with Gasteiger partial charge in [0.25, 0.3) is 5.69 Å². The van der Waals surface area contributed by atoms with E-state index in [1.54, 1.807) is 19.2 Å². The first-order valence-electron chi connectivity index (χ1n) is 5.87. The Morgan fingerprint density at radius 1 is 1.32 bits per heavy atom. The first-order chi connectivity index (χ1) is 9.13. The van der Waals surface area contributed by atoms with Crippen molar-refractivity contribution in [1.82, 2.24) is 5.32 Å². The lowest BCUT2D eigenvalue weighted by Crippen LogP contribution is -2.28. The number of carbonyl (C=O) groups excluding carboxylic acids is 1. The number of hydrogen-bond donors (Lipinski definition) is 2. The van der Waals surface area contributed by atoms with Crippen LogP contribution in [-0.4, -0.2) is 37.6 Å². The molecule has 0 saturated heterocycles. The fraction of sp³-hybridized carbons (Fsp3) is 0.417. The summed E-state index contributed by atoms with van der Waals surface area (Å²) in [7, 11) is 1.57. The van der Waals surface area contributed by atoms with Crippen LogP contribution in [0.4, 0.5) is 11.4 Å². The highest BCUT2D eigenvalue weighted by molar-refractivity contribution is 5.76. The minimum atomic E-state index is -0.451. The zero-order valence-corrected chi connectivity index (χ0v) is 10.7. The zero-order valence-electron chi connectivity index (χ0n) is 10.7. The molecule has 0 aromatic heterocycles. The van der Waals surface area contributed by atoms with Gasteiger partial charge in [0.15, 0.2) is 0 Å². The summed E-state index contributed by atoms with van der Waals surface area (Å²) in [5, 5.41) is 16.2. The molecule has 0 saturated carbocycles. The topological polar surface area (TPSA) is 93.5 Å². The summed E-state index contributed by atoms with van der Waals surface area (Å²) in [4.78, 5) is 21.4. The van der Waals surface area contributed by atoms with E-state index < -0.39 is 4.92 Å². The largest absolute Gasteiger partial charge is 0.385 e. The minimum absolute atomic E-state index is 0.0443. The monoisotopic (exact) mass is 267 g/mol. The van der Waals surface area contributed by atoms with Crippen LogP contribution in [0.1, 0.15) is 6.42 Å². The molecule has 0 radical (unpaired) electrons. The number of anilines is 1. The van der Waals surface area contributed by atoms with Crippen molar-refractivity contribution in [3.05, 3.63) is 34.4 Å². The number of nitro groups is 1. The maximum atomic E-state index is 11.4. The summed E-state index contributed by atoms with van der Waals surface area (Å²) in [5.41, 5.74) is 0.790. The molecule has 0 atom stereocenters. The standard InChI is InChI=1S/C12H17N3O4/c1-19-9-8-14-12(16)6-7-13-10-2-4-11(5-3-10)15(17)18/h2-5,13H,6-9H2,1H3,(H,14,16). The lowest BCUT2D eigenvalue weighted by atomic mass is 10.3. The molecule has 0 unspecified atom stereocenters. The van der Waals surface area contributed by atoms with Crippen LogP contribution in [0.25, 0.3) is 0 Å². The normalized spacial score (nSPS) is 9.95. The first kappa shape index (κ1) is 14.9. The molecular formula is C12H17N3O4. The van der Waals surface area contributed by atoms with Gasteiger partial charge < -0.3 is 15.4 Å². The van der Waals surface area contributed by atoms with Crippen molar-refractivity contribution in [2.75, 3.05) is 32.1 Å². The summed E-state index contributed by atoms with van der Waals surface area (Å²) in [6.45, 7) is 1.45. The summed E-state index contributed by atoms with van der Waals surface area (Å²) in [6, 6.07) is 6.06. The molecule has 1 aromatic rings. The van der Waals surface area contributed by atoms with Crippen LogP contribution in [0, 0.1) is 10.1 Å². The van der Waals surface area contributed by atoms with Crippen LogP contribution in [0.3, 0.4) is 0 Å². The Morgan fingerprint density at radius 3 is 2.58 bits per heavy atom. The van der Waals surface area contributed by atoms with Gasteiger partial charge >= 0.3 is 0 Å². The van der Waals surface area contributed by atoms with Crippen molar-refractivity contribution in [2.45, 2.75) is 6.42 Å². The number of methoxy groups -OCH3 is 1. The van der Waals surface area contributed by atoms with Crippen LogP contribution in [0.15, 0.2) is 24.3 Å². The van der Waals surface area contributed by atoms with Gasteiger partial charge in [-0.1, -0.05) is 0 Å². The molecule has 1 aromatic carbocycles. The van der Waals surface area contributed by atoms with E-state index in [0.29, 0.717) is 26.1 Å². The van der Waals surface area contributed by atoms with Gasteiger partial charge in [0.05, 0.1) is 11.5 Å². The van der Waals surface area contributed by atoms with Gasteiger partial charge in [-0.2, -0.15) is 0 Å². The van der Waals surface area contributed by atoms with Crippen molar-refractivity contribution in [3.63, 3.8) is 0 Å². The molecule has 0 aliphatic carbocycles. The summed E-state index contributed by atoms with van der Waals surface area (Å²) in [6.07, 6.45) is 0.334. The van der Waals surface area contributed by atoms with Crippen LogP contribution >= 0.6 is 0 Å². The smallest absolute Gasteiger partial charge is 0.269 e. The second kappa shape index (κ2) is 8.04. The second-order valence-electron chi connectivity index (χ2n) is 3.82. The van der Waals surface area contributed by atoms with Crippen molar-refractivity contribution >= 4 is 17.3 Å². The van der Waals surface area contributed by atoms with Crippen molar-refractivity contribution in [1.29, 1.82) is 0 Å². The average Bonchev–Trinajstić information content (AvgIpc) is 2.39. The van der Waals surface area contributed by atoms with Crippen molar-refractivity contribution in [2.24, 2.45) is 0 Å². The first-order valence-corrected chi connectivity index (χ1v) is 5.87. The number of hydrogen-bond acceptors (Lipinski definition) is 5. The second-order valence-corrected chi connectivity index (χ2v) is 3.82. The fourth-order valence-corrected chi connectivity index (χ4v) is 1.40. The molecule has 0 bridgehead atoms. The Balaban J connectivity index is 2.25. The average molecular weight is 267 g/mol. The SMILES string of the molecule is COCCNC(=O)CCNc1ccc([N+](=O)[O-])cc1. The van der Waals surface area contributed by atoms with Gasteiger partial charge in [0, 0.05) is 44.4 Å². The van der Waals surface area contributed by atoms with E-state index in [1.807, 2.05) is 0 Å². The maximum Gasteiger partial charge on any atom is 0.269 e. The fourth-order valence-electron chi connectivity index (χ4n) is 1.40. The maximum absolute atomic E-state index is 11.4. The molecule has 104 valence electrons. The molecule has 1 amide bonds. The molecule has 0 spiro atoms. The third-order valence-electron chi connectivity index (χ3n) is 2.39. The van der Waals surface area contributed by atoms with Crippen LogP contribution in [0.5, 0.6) is 0 Å². The number of ether oxygens (including phenoxy) is 1. The lowest BCUT2D eigenvalue weighted by molar-refractivity contribution is -0.384. The molecule has 7 nitrogen and oxygen atoms in total. The number of nitrogens with zero attached hydrogens (tertiary/aromatic N) is 1. The molecule has 2 N–H and O–H groups in total. The Hall–Kier alpha value is -2.15. The van der Waals surface area contributed by atoms with E-state index in [2.05, 4.69) is 10.6 Å². The zero-order chi connectivity index (χ0) is 14.1. The highest BCUT2D eigenvalue weighted by atomic mass is 16.6. The number of amides is 1. The molecule has 1 rings (SSSR count). The van der Waals surface area contributed by atoms with Gasteiger partial charge in [0.1, 0.15) is 0 Å². The van der Waals surface area contributed by atoms with Gasteiger partial charge in [-0.25, -0.2) is 0 Å². The Kier molecular flexibility index (Phi) is 6.31. The van der Waals surface area contributed by atoms with Gasteiger partial charge in [-0.3, -0.25) is 14.9 Å². The van der Waals surface area contributed by atoms with Crippen LogP contribution < -0.4 is 10.6 Å². The quantitative estimate of drug-likeness (QED) is 0.419. The molecule has 0 aliphatic heterocycles. The third kappa shape index (κ3) is 5.82. The molecule has 7 heteroatoms. The molecule has 0 aliphatic rings. The summed E-state index contributed by atoms with van der Waals surface area (Å²) in [5.74, 6) is -0.0635. The molecule has 0 fully saturated rings. The minimum Gasteiger partial charge on any atom is -0.385 e. The molecule has 0 heterocycles. The lowest BCUT2D eigenvalue weighted by Gasteiger charge is -2.07. The predicted molar refractivity (Wildman–Crippen MR) is 71.1 cm³/mol. The number of nitrogens with one attached hydrogen (secondary N) is 2. The summed E-state index contributed by atoms with van der Waals surface area (Å²) < 4.78 is 4.81. The number of carbonyl (C=O) groups is 1. The Morgan fingerprint density at radius 2 is 2.00 bits per heavy atom. The Bertz CT molecular complexity index is 419. The number of rotatable bonds is 8. The van der Waals surface area contributed by atoms with Crippen LogP contribution in [0.2, 0.25) is 0 Å². The molecule has 19 heavy (non-hydrogen) atoms. The number of non-ortho nitro benzene ring substituents is 1. The third-order valence-corrected chi connectivity index (χ3v) is 2.39. The van der Waals surface area contributed by atoms with Crippen molar-refractivity contribution < 1.29 is 14.5 Å². The van der Waals surface area contributed by atoms with Gasteiger partial charge in [0.2, 0.25) is 5.91 Å².